The van der Waals surface area contributed by atoms with Gasteiger partial charge in [-0.1, -0.05) is 30.3 Å². The Labute approximate surface area is 178 Å². The van der Waals surface area contributed by atoms with E-state index in [1.54, 1.807) is 12.1 Å². The zero-order valence-electron chi connectivity index (χ0n) is 13.8. The van der Waals surface area contributed by atoms with Gasteiger partial charge < -0.3 is 20.2 Å². The third-order valence-corrected chi connectivity index (χ3v) is 4.06. The first-order valence-electron chi connectivity index (χ1n) is 8.18. The normalized spacial score (nSPS) is 18.7. The Morgan fingerprint density at radius 1 is 1.11 bits per heavy atom. The molecule has 3 rings (SSSR count). The summed E-state index contributed by atoms with van der Waals surface area (Å²) in [5.41, 5.74) is 0.879. The van der Waals surface area contributed by atoms with Crippen LogP contribution in [0.2, 0.25) is 0 Å². The van der Waals surface area contributed by atoms with E-state index in [1.807, 2.05) is 30.3 Å². The number of furan rings is 1. The quantitative estimate of drug-likeness (QED) is 0.357. The topological polar surface area (TPSA) is 131 Å². The van der Waals surface area contributed by atoms with Crippen LogP contribution in [0.15, 0.2) is 53.1 Å². The molecule has 138 valence electrons. The molecule has 27 heavy (non-hydrogen) atoms. The summed E-state index contributed by atoms with van der Waals surface area (Å²) < 4.78 is 5.17. The van der Waals surface area contributed by atoms with E-state index in [0.29, 0.717) is 12.2 Å². The summed E-state index contributed by atoms with van der Waals surface area (Å²) in [5, 5.41) is 16.8. The van der Waals surface area contributed by atoms with Gasteiger partial charge in [-0.25, -0.2) is 0 Å². The van der Waals surface area contributed by atoms with Crippen LogP contribution < -0.4 is 16.0 Å². The standard InChI is InChI=1S/C18H19N3O5.Na.H/c22-16(19-10-12-7-4-8-26-12)13(9-11-5-2-1-3-6-11)20-17(23)14-15(21-14)18(24)25;;/h1-8,13-15,21H,9-10H2,(H,19,22)(H,20,23)(H,24,25);;/t13-,14-,15-;;/m0../s1. The van der Waals surface area contributed by atoms with Gasteiger partial charge in [0.2, 0.25) is 11.8 Å². The van der Waals surface area contributed by atoms with Crippen molar-refractivity contribution in [2.45, 2.75) is 31.1 Å². The first-order chi connectivity index (χ1) is 12.5. The summed E-state index contributed by atoms with van der Waals surface area (Å²) in [5.74, 6) is -1.37. The predicted molar refractivity (Wildman–Crippen MR) is 98.1 cm³/mol. The van der Waals surface area contributed by atoms with E-state index in [9.17, 15) is 14.4 Å². The van der Waals surface area contributed by atoms with E-state index in [1.165, 1.54) is 6.26 Å². The summed E-state index contributed by atoms with van der Waals surface area (Å²) in [6.07, 6.45) is 1.80. The molecule has 0 unspecified atom stereocenters. The van der Waals surface area contributed by atoms with E-state index in [-0.39, 0.29) is 42.0 Å². The molecular weight excluding hydrogens is 361 g/mol. The van der Waals surface area contributed by atoms with E-state index in [2.05, 4.69) is 16.0 Å². The van der Waals surface area contributed by atoms with Crippen LogP contribution in [0.25, 0.3) is 0 Å². The Hall–Kier alpha value is -2.13. The van der Waals surface area contributed by atoms with Gasteiger partial charge in [-0.05, 0) is 17.7 Å². The fraction of sp³-hybridized carbons (Fsp3) is 0.278. The molecule has 1 aromatic heterocycles. The summed E-state index contributed by atoms with van der Waals surface area (Å²) in [6.45, 7) is 0.201. The third-order valence-electron chi connectivity index (χ3n) is 4.06. The van der Waals surface area contributed by atoms with Crippen molar-refractivity contribution >= 4 is 47.3 Å². The van der Waals surface area contributed by atoms with E-state index < -0.39 is 30.0 Å². The SMILES string of the molecule is O=C(NCc1ccco1)[C@H](Cc1ccccc1)NC(=O)[C@H]1N[C@@H]1C(=O)O.[NaH]. The van der Waals surface area contributed by atoms with Gasteiger partial charge in [0.05, 0.1) is 12.8 Å². The Bertz CT molecular complexity index is 782. The Kier molecular flexibility index (Phi) is 7.61. The summed E-state index contributed by atoms with van der Waals surface area (Å²) >= 11 is 0. The number of hydrogen-bond acceptors (Lipinski definition) is 5. The van der Waals surface area contributed by atoms with Gasteiger partial charge in [-0.15, -0.1) is 0 Å². The number of nitrogens with one attached hydrogen (secondary N) is 3. The molecule has 1 aliphatic rings. The fourth-order valence-corrected chi connectivity index (χ4v) is 2.61. The molecule has 2 amide bonds. The van der Waals surface area contributed by atoms with Crippen LogP contribution in [0.3, 0.4) is 0 Å². The second kappa shape index (κ2) is 9.70. The van der Waals surface area contributed by atoms with Crippen LogP contribution in [0, 0.1) is 0 Å². The number of carbonyl (C=O) groups excluding carboxylic acids is 2. The molecular formula is C18H20N3NaO5. The van der Waals surface area contributed by atoms with Gasteiger partial charge in [0.15, 0.2) is 0 Å². The first kappa shape index (κ1) is 21.2. The number of carbonyl (C=O) groups is 3. The van der Waals surface area contributed by atoms with Gasteiger partial charge in [0.1, 0.15) is 23.9 Å². The second-order valence-electron chi connectivity index (χ2n) is 6.01. The molecule has 9 heteroatoms. The molecule has 0 saturated carbocycles. The maximum absolute atomic E-state index is 12.5. The van der Waals surface area contributed by atoms with Crippen molar-refractivity contribution < 1.29 is 23.9 Å². The average Bonchev–Trinajstić information content (AvgIpc) is 3.29. The van der Waals surface area contributed by atoms with Crippen molar-refractivity contribution in [2.75, 3.05) is 0 Å². The number of amides is 2. The van der Waals surface area contributed by atoms with Crippen molar-refractivity contribution in [3.05, 3.63) is 60.1 Å². The van der Waals surface area contributed by atoms with Crippen LogP contribution in [-0.2, 0) is 27.3 Å². The number of aliphatic carboxylic acids is 1. The monoisotopic (exact) mass is 381 g/mol. The molecule has 0 bridgehead atoms. The molecule has 2 heterocycles. The summed E-state index contributed by atoms with van der Waals surface area (Å²) in [4.78, 5) is 35.6. The van der Waals surface area contributed by atoms with Crippen LogP contribution >= 0.6 is 0 Å². The van der Waals surface area contributed by atoms with Crippen LogP contribution in [0.1, 0.15) is 11.3 Å². The minimum absolute atomic E-state index is 0. The Morgan fingerprint density at radius 3 is 2.44 bits per heavy atom. The molecule has 0 spiro atoms. The molecule has 0 aliphatic carbocycles. The van der Waals surface area contributed by atoms with Gasteiger partial charge >= 0.3 is 35.5 Å². The molecule has 1 saturated heterocycles. The van der Waals surface area contributed by atoms with Gasteiger partial charge in [-0.2, -0.15) is 0 Å². The molecule has 0 radical (unpaired) electrons. The van der Waals surface area contributed by atoms with Crippen LogP contribution in [0.5, 0.6) is 0 Å². The molecule has 1 fully saturated rings. The molecule has 2 aromatic rings. The first-order valence-corrected chi connectivity index (χ1v) is 8.18. The zero-order chi connectivity index (χ0) is 18.5. The number of carboxylic acids is 1. The van der Waals surface area contributed by atoms with Crippen molar-refractivity contribution in [2.24, 2.45) is 0 Å². The van der Waals surface area contributed by atoms with Gasteiger partial charge in [0, 0.05) is 6.42 Å². The van der Waals surface area contributed by atoms with Crippen LogP contribution in [0.4, 0.5) is 0 Å². The van der Waals surface area contributed by atoms with E-state index >= 15 is 0 Å². The molecule has 3 atom stereocenters. The summed E-state index contributed by atoms with van der Waals surface area (Å²) in [6, 6.07) is 10.2. The fourth-order valence-electron chi connectivity index (χ4n) is 2.61. The van der Waals surface area contributed by atoms with Crippen molar-refractivity contribution in [3.8, 4) is 0 Å². The number of benzene rings is 1. The molecule has 1 aliphatic heterocycles. The van der Waals surface area contributed by atoms with Crippen molar-refractivity contribution in [1.29, 1.82) is 0 Å². The Morgan fingerprint density at radius 2 is 1.85 bits per heavy atom. The van der Waals surface area contributed by atoms with Crippen LogP contribution in [-0.4, -0.2) is 70.6 Å². The zero-order valence-corrected chi connectivity index (χ0v) is 13.8. The maximum atomic E-state index is 12.5. The molecule has 1 aromatic carbocycles. The third kappa shape index (κ3) is 5.93. The molecule has 8 nitrogen and oxygen atoms in total. The predicted octanol–water partition coefficient (Wildman–Crippen LogP) is -0.600. The van der Waals surface area contributed by atoms with Gasteiger partial charge in [-0.3, -0.25) is 19.7 Å². The van der Waals surface area contributed by atoms with Crippen molar-refractivity contribution in [3.63, 3.8) is 0 Å². The minimum atomic E-state index is -1.09. The number of carboxylic acid groups (broad SMARTS) is 1. The summed E-state index contributed by atoms with van der Waals surface area (Å²) in [7, 11) is 0. The number of hydrogen-bond donors (Lipinski definition) is 4. The number of rotatable bonds is 8. The Balaban J connectivity index is 0.00000261. The van der Waals surface area contributed by atoms with E-state index in [0.717, 1.165) is 5.56 Å². The van der Waals surface area contributed by atoms with E-state index in [4.69, 9.17) is 9.52 Å². The molecule has 4 N–H and O–H groups in total. The second-order valence-corrected chi connectivity index (χ2v) is 6.01. The van der Waals surface area contributed by atoms with Gasteiger partial charge in [0.25, 0.3) is 0 Å². The van der Waals surface area contributed by atoms with Crippen molar-refractivity contribution in [1.82, 2.24) is 16.0 Å². The average molecular weight is 381 g/mol.